The summed E-state index contributed by atoms with van der Waals surface area (Å²) in [6.45, 7) is 1.85. The monoisotopic (exact) mass is 440 g/mol. The summed E-state index contributed by atoms with van der Waals surface area (Å²) in [5, 5.41) is 2.76. The number of sulfonamides is 1. The van der Waals surface area contributed by atoms with Crippen LogP contribution in [0.4, 0.5) is 11.4 Å². The Bertz CT molecular complexity index is 1100. The van der Waals surface area contributed by atoms with E-state index in [1.807, 2.05) is 6.92 Å². The largest absolute Gasteiger partial charge is 0.497 e. The number of benzene rings is 3. The Morgan fingerprint density at radius 3 is 2.06 bits per heavy atom. The van der Waals surface area contributed by atoms with Crippen molar-refractivity contribution in [1.82, 2.24) is 0 Å². The number of amides is 1. The van der Waals surface area contributed by atoms with Gasteiger partial charge in [0.1, 0.15) is 11.5 Å². The molecule has 0 saturated carbocycles. The van der Waals surface area contributed by atoms with E-state index in [2.05, 4.69) is 10.0 Å². The number of para-hydroxylation sites is 1. The minimum atomic E-state index is -3.72. The summed E-state index contributed by atoms with van der Waals surface area (Å²) in [6, 6.07) is 21.5. The van der Waals surface area contributed by atoms with Crippen LogP contribution in [-0.4, -0.2) is 27.5 Å². The Labute approximate surface area is 182 Å². The molecule has 31 heavy (non-hydrogen) atoms. The van der Waals surface area contributed by atoms with E-state index in [1.165, 1.54) is 24.3 Å². The van der Waals surface area contributed by atoms with E-state index in [1.54, 1.807) is 61.7 Å². The maximum absolute atomic E-state index is 12.6. The summed E-state index contributed by atoms with van der Waals surface area (Å²) in [7, 11) is -2.15. The lowest BCUT2D eigenvalue weighted by Gasteiger charge is -2.17. The Kier molecular flexibility index (Phi) is 7.15. The van der Waals surface area contributed by atoms with Gasteiger partial charge in [-0.15, -0.1) is 0 Å². The van der Waals surface area contributed by atoms with Crippen LogP contribution in [-0.2, 0) is 14.8 Å². The molecule has 0 aliphatic rings. The van der Waals surface area contributed by atoms with E-state index in [9.17, 15) is 13.2 Å². The van der Waals surface area contributed by atoms with Gasteiger partial charge in [-0.2, -0.15) is 0 Å². The third-order valence-corrected chi connectivity index (χ3v) is 5.86. The van der Waals surface area contributed by atoms with Crippen LogP contribution in [0.1, 0.15) is 13.3 Å². The molecule has 0 heterocycles. The molecular formula is C23H24N2O5S. The molecule has 3 aromatic carbocycles. The summed E-state index contributed by atoms with van der Waals surface area (Å²) in [5.41, 5.74) is 0.946. The molecule has 0 radical (unpaired) electrons. The van der Waals surface area contributed by atoms with Crippen LogP contribution in [0.5, 0.6) is 11.5 Å². The quantitative estimate of drug-likeness (QED) is 0.518. The lowest BCUT2D eigenvalue weighted by atomic mass is 10.2. The smallest absolute Gasteiger partial charge is 0.265 e. The van der Waals surface area contributed by atoms with Gasteiger partial charge in [0.15, 0.2) is 6.10 Å². The van der Waals surface area contributed by atoms with Crippen LogP contribution in [0.25, 0.3) is 0 Å². The van der Waals surface area contributed by atoms with E-state index in [4.69, 9.17) is 9.47 Å². The van der Waals surface area contributed by atoms with Gasteiger partial charge < -0.3 is 14.8 Å². The second-order valence-electron chi connectivity index (χ2n) is 6.68. The van der Waals surface area contributed by atoms with Crippen LogP contribution in [0, 0.1) is 0 Å². The number of rotatable bonds is 9. The Balaban J connectivity index is 1.64. The molecular weight excluding hydrogens is 416 g/mol. The van der Waals surface area contributed by atoms with Gasteiger partial charge in [-0.25, -0.2) is 8.42 Å². The number of methoxy groups -OCH3 is 1. The van der Waals surface area contributed by atoms with Crippen molar-refractivity contribution in [2.45, 2.75) is 24.3 Å². The van der Waals surface area contributed by atoms with Crippen molar-refractivity contribution in [2.75, 3.05) is 17.1 Å². The first-order valence-electron chi connectivity index (χ1n) is 9.71. The molecule has 0 bridgehead atoms. The minimum Gasteiger partial charge on any atom is -0.497 e. The van der Waals surface area contributed by atoms with E-state index >= 15 is 0 Å². The summed E-state index contributed by atoms with van der Waals surface area (Å²) >= 11 is 0. The lowest BCUT2D eigenvalue weighted by molar-refractivity contribution is -0.122. The van der Waals surface area contributed by atoms with Crippen molar-refractivity contribution in [3.8, 4) is 11.5 Å². The maximum atomic E-state index is 12.6. The van der Waals surface area contributed by atoms with Gasteiger partial charge in [-0.3, -0.25) is 9.52 Å². The topological polar surface area (TPSA) is 93.7 Å². The number of hydrogen-bond donors (Lipinski definition) is 2. The highest BCUT2D eigenvalue weighted by Crippen LogP contribution is 2.21. The van der Waals surface area contributed by atoms with Crippen molar-refractivity contribution in [3.63, 3.8) is 0 Å². The summed E-state index contributed by atoms with van der Waals surface area (Å²) in [4.78, 5) is 12.7. The average molecular weight is 441 g/mol. The number of hydrogen-bond acceptors (Lipinski definition) is 5. The van der Waals surface area contributed by atoms with Crippen LogP contribution in [0.3, 0.4) is 0 Å². The summed E-state index contributed by atoms with van der Waals surface area (Å²) in [5.74, 6) is 0.925. The van der Waals surface area contributed by atoms with Gasteiger partial charge in [0.2, 0.25) is 0 Å². The number of anilines is 2. The highest BCUT2D eigenvalue weighted by atomic mass is 32.2. The lowest BCUT2D eigenvalue weighted by Crippen LogP contribution is -2.32. The molecule has 0 spiro atoms. The third kappa shape index (κ3) is 5.99. The van der Waals surface area contributed by atoms with Gasteiger partial charge in [0, 0.05) is 11.4 Å². The average Bonchev–Trinajstić information content (AvgIpc) is 2.78. The Morgan fingerprint density at radius 2 is 1.48 bits per heavy atom. The second-order valence-corrected chi connectivity index (χ2v) is 8.36. The predicted octanol–water partition coefficient (Wildman–Crippen LogP) is 4.29. The van der Waals surface area contributed by atoms with Gasteiger partial charge in [-0.1, -0.05) is 25.1 Å². The fourth-order valence-corrected chi connectivity index (χ4v) is 3.86. The van der Waals surface area contributed by atoms with Crippen molar-refractivity contribution < 1.29 is 22.7 Å². The van der Waals surface area contributed by atoms with E-state index in [0.717, 1.165) is 0 Å². The fourth-order valence-electron chi connectivity index (χ4n) is 2.80. The van der Waals surface area contributed by atoms with Crippen molar-refractivity contribution in [3.05, 3.63) is 78.9 Å². The SMILES string of the molecule is CC[C@H](Oc1ccc(OC)cc1)C(=O)Nc1ccc(S(=O)(=O)Nc2ccccc2)cc1. The summed E-state index contributed by atoms with van der Waals surface area (Å²) in [6.07, 6.45) is -0.234. The number of carbonyl (C=O) groups excluding carboxylic acids is 1. The van der Waals surface area contributed by atoms with E-state index in [0.29, 0.717) is 29.3 Å². The molecule has 8 heteroatoms. The first-order chi connectivity index (χ1) is 14.9. The minimum absolute atomic E-state index is 0.0934. The highest BCUT2D eigenvalue weighted by Gasteiger charge is 2.19. The van der Waals surface area contributed by atoms with Gasteiger partial charge >= 0.3 is 0 Å². The van der Waals surface area contributed by atoms with E-state index < -0.39 is 16.1 Å². The molecule has 7 nitrogen and oxygen atoms in total. The molecule has 1 atom stereocenters. The zero-order valence-electron chi connectivity index (χ0n) is 17.2. The van der Waals surface area contributed by atoms with Crippen molar-refractivity contribution in [1.29, 1.82) is 0 Å². The van der Waals surface area contributed by atoms with Crippen LogP contribution >= 0.6 is 0 Å². The standard InChI is InChI=1S/C23H24N2O5S/c1-3-22(30-20-13-11-19(29-2)12-14-20)23(26)24-17-9-15-21(16-10-17)31(27,28)25-18-7-5-4-6-8-18/h4-16,22,25H,3H2,1-2H3,(H,24,26)/t22-/m0/s1. The van der Waals surface area contributed by atoms with Gasteiger partial charge in [-0.05, 0) is 67.1 Å². The van der Waals surface area contributed by atoms with Gasteiger partial charge in [0.05, 0.1) is 12.0 Å². The predicted molar refractivity (Wildman–Crippen MR) is 120 cm³/mol. The fraction of sp³-hybridized carbons (Fsp3) is 0.174. The molecule has 0 aliphatic carbocycles. The first kappa shape index (κ1) is 22.2. The van der Waals surface area contributed by atoms with Crippen LogP contribution in [0.15, 0.2) is 83.8 Å². The number of nitrogens with one attached hydrogen (secondary N) is 2. The van der Waals surface area contributed by atoms with Crippen molar-refractivity contribution in [2.24, 2.45) is 0 Å². The molecule has 0 fully saturated rings. The van der Waals surface area contributed by atoms with E-state index in [-0.39, 0.29) is 10.8 Å². The molecule has 2 N–H and O–H groups in total. The Hall–Kier alpha value is -3.52. The molecule has 3 rings (SSSR count). The summed E-state index contributed by atoms with van der Waals surface area (Å²) < 4.78 is 38.4. The molecule has 162 valence electrons. The number of carbonyl (C=O) groups is 1. The molecule has 0 aromatic heterocycles. The highest BCUT2D eigenvalue weighted by molar-refractivity contribution is 7.92. The zero-order valence-corrected chi connectivity index (χ0v) is 18.1. The normalized spacial score (nSPS) is 11.9. The van der Waals surface area contributed by atoms with Gasteiger partial charge in [0.25, 0.3) is 15.9 Å². The molecule has 0 unspecified atom stereocenters. The second kappa shape index (κ2) is 9.99. The third-order valence-electron chi connectivity index (χ3n) is 4.46. The zero-order chi connectivity index (χ0) is 22.3. The molecule has 0 aliphatic heterocycles. The van der Waals surface area contributed by atoms with Crippen LogP contribution < -0.4 is 19.5 Å². The van der Waals surface area contributed by atoms with Crippen molar-refractivity contribution >= 4 is 27.3 Å². The molecule has 0 saturated heterocycles. The number of ether oxygens (including phenoxy) is 2. The molecule has 3 aromatic rings. The van der Waals surface area contributed by atoms with Crippen LogP contribution in [0.2, 0.25) is 0 Å². The molecule has 1 amide bonds. The first-order valence-corrected chi connectivity index (χ1v) is 11.2. The Morgan fingerprint density at radius 1 is 0.871 bits per heavy atom. The maximum Gasteiger partial charge on any atom is 0.265 e.